The van der Waals surface area contributed by atoms with Crippen molar-refractivity contribution in [1.82, 2.24) is 9.80 Å². The van der Waals surface area contributed by atoms with Gasteiger partial charge in [-0.25, -0.2) is 0 Å². The van der Waals surface area contributed by atoms with Gasteiger partial charge in [0.2, 0.25) is 0 Å². The van der Waals surface area contributed by atoms with Crippen LogP contribution >= 0.6 is 0 Å². The molecule has 0 aromatic rings. The van der Waals surface area contributed by atoms with Gasteiger partial charge < -0.3 is 0 Å². The van der Waals surface area contributed by atoms with Gasteiger partial charge in [-0.1, -0.05) is 25.0 Å². The summed E-state index contributed by atoms with van der Waals surface area (Å²) >= 11 is 0. The van der Waals surface area contributed by atoms with E-state index in [4.69, 9.17) is 0 Å². The van der Waals surface area contributed by atoms with Gasteiger partial charge in [-0.05, 0) is 51.5 Å². The molecule has 108 valence electrons. The van der Waals surface area contributed by atoms with E-state index < -0.39 is 0 Å². The average Bonchev–Trinajstić information content (AvgIpc) is 2.97. The Bertz CT molecular complexity index is 323. The average molecular weight is 262 g/mol. The van der Waals surface area contributed by atoms with Gasteiger partial charge >= 0.3 is 0 Å². The lowest BCUT2D eigenvalue weighted by Gasteiger charge is -2.48. The maximum atomic E-state index is 2.81. The molecule has 2 saturated heterocycles. The molecule has 2 heterocycles. The van der Waals surface area contributed by atoms with E-state index in [0.29, 0.717) is 0 Å². The molecule has 0 radical (unpaired) electrons. The number of piperidine rings is 1. The normalized spacial score (nSPS) is 33.2. The summed E-state index contributed by atoms with van der Waals surface area (Å²) in [5.41, 5.74) is 1.74. The quantitative estimate of drug-likeness (QED) is 0.716. The Morgan fingerprint density at radius 1 is 1.21 bits per heavy atom. The standard InChI is InChI=1S/C17H30N2/c1-2-16-13-18-11-6-5-9-17(18)14-19(16)12-10-15-7-3-4-8-15/h7,16-17H,2-6,8-14H2,1H3. The molecule has 3 aliphatic rings. The second-order valence-corrected chi connectivity index (χ2v) is 6.71. The fourth-order valence-corrected chi connectivity index (χ4v) is 4.23. The third kappa shape index (κ3) is 3.22. The van der Waals surface area contributed by atoms with Gasteiger partial charge in [-0.15, -0.1) is 0 Å². The first-order valence-corrected chi connectivity index (χ1v) is 8.53. The molecule has 0 bridgehead atoms. The second kappa shape index (κ2) is 6.41. The van der Waals surface area contributed by atoms with Crippen molar-refractivity contribution < 1.29 is 0 Å². The second-order valence-electron chi connectivity index (χ2n) is 6.71. The topological polar surface area (TPSA) is 6.48 Å². The molecule has 0 amide bonds. The van der Waals surface area contributed by atoms with Crippen LogP contribution in [-0.4, -0.2) is 48.1 Å². The number of fused-ring (bicyclic) bond motifs is 1. The van der Waals surface area contributed by atoms with E-state index in [1.807, 2.05) is 0 Å². The lowest BCUT2D eigenvalue weighted by Crippen LogP contribution is -2.59. The smallest absolute Gasteiger partial charge is 0.0223 e. The molecule has 1 aliphatic carbocycles. The van der Waals surface area contributed by atoms with E-state index in [-0.39, 0.29) is 0 Å². The minimum Gasteiger partial charge on any atom is -0.298 e. The molecule has 2 fully saturated rings. The zero-order valence-electron chi connectivity index (χ0n) is 12.6. The van der Waals surface area contributed by atoms with Crippen LogP contribution in [0.15, 0.2) is 11.6 Å². The van der Waals surface area contributed by atoms with Crippen LogP contribution < -0.4 is 0 Å². The highest BCUT2D eigenvalue weighted by atomic mass is 15.3. The molecule has 3 rings (SSSR count). The zero-order chi connectivity index (χ0) is 13.1. The maximum absolute atomic E-state index is 2.81. The predicted octanol–water partition coefficient (Wildman–Crippen LogP) is 3.44. The molecular formula is C17H30N2. The van der Waals surface area contributed by atoms with Crippen LogP contribution in [0.25, 0.3) is 0 Å². The van der Waals surface area contributed by atoms with E-state index in [0.717, 1.165) is 12.1 Å². The Hall–Kier alpha value is -0.340. The summed E-state index contributed by atoms with van der Waals surface area (Å²) in [7, 11) is 0. The van der Waals surface area contributed by atoms with E-state index in [1.165, 1.54) is 77.5 Å². The van der Waals surface area contributed by atoms with Crippen molar-refractivity contribution in [3.63, 3.8) is 0 Å². The lowest BCUT2D eigenvalue weighted by atomic mass is 9.95. The van der Waals surface area contributed by atoms with Crippen LogP contribution in [0.1, 0.15) is 58.3 Å². The molecule has 19 heavy (non-hydrogen) atoms. The minimum absolute atomic E-state index is 0.816. The van der Waals surface area contributed by atoms with Gasteiger partial charge in [0.1, 0.15) is 0 Å². The number of hydrogen-bond acceptors (Lipinski definition) is 2. The molecule has 0 saturated carbocycles. The van der Waals surface area contributed by atoms with E-state index in [1.54, 1.807) is 5.57 Å². The summed E-state index contributed by atoms with van der Waals surface area (Å²) < 4.78 is 0. The number of hydrogen-bond donors (Lipinski definition) is 0. The summed E-state index contributed by atoms with van der Waals surface area (Å²) in [6.07, 6.45) is 13.6. The van der Waals surface area contributed by atoms with Crippen LogP contribution in [0, 0.1) is 0 Å². The zero-order valence-corrected chi connectivity index (χ0v) is 12.6. The summed E-state index contributed by atoms with van der Waals surface area (Å²) in [5.74, 6) is 0. The monoisotopic (exact) mass is 262 g/mol. The molecule has 2 atom stereocenters. The minimum atomic E-state index is 0.816. The van der Waals surface area contributed by atoms with Gasteiger partial charge in [-0.3, -0.25) is 9.80 Å². The number of rotatable bonds is 4. The van der Waals surface area contributed by atoms with Crippen LogP contribution in [0.4, 0.5) is 0 Å². The predicted molar refractivity (Wildman–Crippen MR) is 81.4 cm³/mol. The molecule has 0 spiro atoms. The highest BCUT2D eigenvalue weighted by Crippen LogP contribution is 2.27. The van der Waals surface area contributed by atoms with Crippen LogP contribution in [0.5, 0.6) is 0 Å². The summed E-state index contributed by atoms with van der Waals surface area (Å²) in [6.45, 7) is 7.72. The molecular weight excluding hydrogens is 232 g/mol. The van der Waals surface area contributed by atoms with E-state index in [2.05, 4.69) is 22.8 Å². The summed E-state index contributed by atoms with van der Waals surface area (Å²) in [4.78, 5) is 5.59. The van der Waals surface area contributed by atoms with Gasteiger partial charge in [0.25, 0.3) is 0 Å². The Morgan fingerprint density at radius 3 is 2.95 bits per heavy atom. The Morgan fingerprint density at radius 2 is 2.16 bits per heavy atom. The molecule has 2 aliphatic heterocycles. The SMILES string of the molecule is CCC1CN2CCCCC2CN1CCC1=CCCC1. The largest absolute Gasteiger partial charge is 0.298 e. The van der Waals surface area contributed by atoms with Crippen LogP contribution in [0.2, 0.25) is 0 Å². The van der Waals surface area contributed by atoms with Crippen molar-refractivity contribution in [3.05, 3.63) is 11.6 Å². The van der Waals surface area contributed by atoms with E-state index in [9.17, 15) is 0 Å². The highest BCUT2D eigenvalue weighted by molar-refractivity contribution is 5.08. The Kier molecular flexibility index (Phi) is 4.60. The van der Waals surface area contributed by atoms with E-state index >= 15 is 0 Å². The van der Waals surface area contributed by atoms with Gasteiger partial charge in [-0.2, -0.15) is 0 Å². The number of nitrogens with zero attached hydrogens (tertiary/aromatic N) is 2. The van der Waals surface area contributed by atoms with Crippen molar-refractivity contribution in [2.75, 3.05) is 26.2 Å². The fraction of sp³-hybridized carbons (Fsp3) is 0.882. The highest BCUT2D eigenvalue weighted by Gasteiger charge is 2.33. The summed E-state index contributed by atoms with van der Waals surface area (Å²) in [5, 5.41) is 0. The number of piperazine rings is 1. The molecule has 2 nitrogen and oxygen atoms in total. The van der Waals surface area contributed by atoms with Crippen molar-refractivity contribution in [1.29, 1.82) is 0 Å². The first kappa shape index (κ1) is 13.6. The molecule has 0 aromatic carbocycles. The van der Waals surface area contributed by atoms with Crippen molar-refractivity contribution in [2.45, 2.75) is 70.4 Å². The maximum Gasteiger partial charge on any atom is 0.0223 e. The Balaban J connectivity index is 1.55. The molecule has 0 aromatic heterocycles. The molecule has 0 N–H and O–H groups in total. The van der Waals surface area contributed by atoms with Crippen molar-refractivity contribution in [2.24, 2.45) is 0 Å². The van der Waals surface area contributed by atoms with Gasteiger partial charge in [0, 0.05) is 31.7 Å². The Labute approximate surface area is 118 Å². The van der Waals surface area contributed by atoms with Gasteiger partial charge in [0.15, 0.2) is 0 Å². The number of allylic oxidation sites excluding steroid dienone is 1. The van der Waals surface area contributed by atoms with Crippen molar-refractivity contribution >= 4 is 0 Å². The summed E-state index contributed by atoms with van der Waals surface area (Å²) in [6, 6.07) is 1.69. The third-order valence-electron chi connectivity index (χ3n) is 5.48. The first-order chi connectivity index (χ1) is 9.36. The first-order valence-electron chi connectivity index (χ1n) is 8.53. The molecule has 2 unspecified atom stereocenters. The fourth-order valence-electron chi connectivity index (χ4n) is 4.23. The van der Waals surface area contributed by atoms with Crippen molar-refractivity contribution in [3.8, 4) is 0 Å². The van der Waals surface area contributed by atoms with Crippen LogP contribution in [-0.2, 0) is 0 Å². The third-order valence-corrected chi connectivity index (χ3v) is 5.48. The molecule has 2 heteroatoms. The van der Waals surface area contributed by atoms with Crippen LogP contribution in [0.3, 0.4) is 0 Å². The van der Waals surface area contributed by atoms with Gasteiger partial charge in [0.05, 0.1) is 0 Å². The lowest BCUT2D eigenvalue weighted by molar-refractivity contribution is 0.00822.